The maximum Gasteiger partial charge on any atom is 0.309 e. The molecule has 0 aliphatic heterocycles. The monoisotopic (exact) mass is 285 g/mol. The third-order valence-corrected chi connectivity index (χ3v) is 3.53. The summed E-state index contributed by atoms with van der Waals surface area (Å²) < 4.78 is 4.64. The number of ether oxygens (including phenoxy) is 1. The van der Waals surface area contributed by atoms with E-state index in [9.17, 15) is 9.59 Å². The smallest absolute Gasteiger partial charge is 0.309 e. The average molecular weight is 285 g/mol. The number of imidazole rings is 1. The van der Waals surface area contributed by atoms with Gasteiger partial charge in [0.2, 0.25) is 5.91 Å². The van der Waals surface area contributed by atoms with Gasteiger partial charge in [-0.05, 0) is 18.6 Å². The summed E-state index contributed by atoms with van der Waals surface area (Å²) in [6.45, 7) is 0. The van der Waals surface area contributed by atoms with Crippen molar-refractivity contribution < 1.29 is 14.3 Å². The highest BCUT2D eigenvalue weighted by Gasteiger charge is 2.48. The van der Waals surface area contributed by atoms with E-state index in [1.165, 1.54) is 7.11 Å². The normalized spacial score (nSPS) is 19.9. The number of nitrogens with one attached hydrogen (secondary N) is 2. The van der Waals surface area contributed by atoms with Crippen LogP contribution in [0.25, 0.3) is 11.4 Å². The van der Waals surface area contributed by atoms with Gasteiger partial charge in [-0.15, -0.1) is 0 Å². The number of benzene rings is 1. The first kappa shape index (κ1) is 13.4. The number of carbonyl (C=O) groups excluding carboxylic acids is 2. The van der Waals surface area contributed by atoms with E-state index >= 15 is 0 Å². The summed E-state index contributed by atoms with van der Waals surface area (Å²) in [4.78, 5) is 30.6. The molecule has 2 atom stereocenters. The van der Waals surface area contributed by atoms with Crippen LogP contribution >= 0.6 is 0 Å². The van der Waals surface area contributed by atoms with E-state index in [4.69, 9.17) is 0 Å². The van der Waals surface area contributed by atoms with Gasteiger partial charge in [-0.1, -0.05) is 12.1 Å². The first-order valence-electron chi connectivity index (χ1n) is 6.67. The molecule has 2 N–H and O–H groups in total. The van der Waals surface area contributed by atoms with Gasteiger partial charge in [-0.2, -0.15) is 0 Å². The lowest BCUT2D eigenvalue weighted by Crippen LogP contribution is -2.17. The van der Waals surface area contributed by atoms with E-state index < -0.39 is 0 Å². The zero-order valence-electron chi connectivity index (χ0n) is 11.5. The molecule has 0 saturated heterocycles. The van der Waals surface area contributed by atoms with Gasteiger partial charge in [0.05, 0.1) is 18.9 Å². The molecule has 6 nitrogen and oxygen atoms in total. The van der Waals surface area contributed by atoms with E-state index in [1.54, 1.807) is 18.5 Å². The van der Waals surface area contributed by atoms with Crippen LogP contribution in [0.2, 0.25) is 0 Å². The molecule has 1 amide bonds. The number of aromatic amines is 1. The number of anilines is 1. The fourth-order valence-electron chi connectivity index (χ4n) is 2.30. The molecule has 21 heavy (non-hydrogen) atoms. The van der Waals surface area contributed by atoms with Crippen molar-refractivity contribution in [1.29, 1.82) is 0 Å². The number of esters is 1. The van der Waals surface area contributed by atoms with Crippen molar-refractivity contribution in [3.8, 4) is 11.4 Å². The Hall–Kier alpha value is -2.63. The number of nitrogens with zero attached hydrogens (tertiary/aromatic N) is 1. The minimum Gasteiger partial charge on any atom is -0.469 e. The SMILES string of the molecule is COC(=O)[C@H]1C[C@@H]1C(=O)Nc1cccc(-c2ncc[nH]2)c1. The molecule has 1 fully saturated rings. The Kier molecular flexibility index (Phi) is 3.43. The fraction of sp³-hybridized carbons (Fsp3) is 0.267. The second kappa shape index (κ2) is 5.40. The maximum atomic E-state index is 12.1. The van der Waals surface area contributed by atoms with E-state index in [0.717, 1.165) is 11.4 Å². The summed E-state index contributed by atoms with van der Waals surface area (Å²) in [7, 11) is 1.34. The largest absolute Gasteiger partial charge is 0.469 e. The summed E-state index contributed by atoms with van der Waals surface area (Å²) in [6, 6.07) is 7.40. The zero-order chi connectivity index (χ0) is 14.8. The standard InChI is InChI=1S/C15H15N3O3/c1-21-15(20)12-8-11(12)14(19)18-10-4-2-3-9(7-10)13-16-5-6-17-13/h2-7,11-12H,8H2,1H3,(H,16,17)(H,18,19)/t11-,12-/m0/s1. The molecular weight excluding hydrogens is 270 g/mol. The molecule has 2 aromatic rings. The fourth-order valence-corrected chi connectivity index (χ4v) is 2.30. The van der Waals surface area contributed by atoms with Crippen molar-refractivity contribution in [2.45, 2.75) is 6.42 Å². The summed E-state index contributed by atoms with van der Waals surface area (Å²) in [5.41, 5.74) is 1.57. The van der Waals surface area contributed by atoms with Crippen LogP contribution in [0.5, 0.6) is 0 Å². The molecule has 1 aliphatic rings. The molecule has 1 heterocycles. The Bertz CT molecular complexity index is 667. The number of carbonyl (C=O) groups is 2. The van der Waals surface area contributed by atoms with Crippen LogP contribution < -0.4 is 5.32 Å². The minimum absolute atomic E-state index is 0.151. The summed E-state index contributed by atoms with van der Waals surface area (Å²) in [5, 5.41) is 2.83. The average Bonchev–Trinajstić information content (AvgIpc) is 3.12. The van der Waals surface area contributed by atoms with Crippen LogP contribution in [0.3, 0.4) is 0 Å². The first-order valence-corrected chi connectivity index (χ1v) is 6.67. The maximum absolute atomic E-state index is 12.1. The van der Waals surface area contributed by atoms with E-state index in [2.05, 4.69) is 20.0 Å². The number of aromatic nitrogens is 2. The number of H-pyrrole nitrogens is 1. The summed E-state index contributed by atoms with van der Waals surface area (Å²) in [6.07, 6.45) is 3.97. The number of rotatable bonds is 4. The quantitative estimate of drug-likeness (QED) is 0.839. The lowest BCUT2D eigenvalue weighted by atomic mass is 10.2. The van der Waals surface area contributed by atoms with Gasteiger partial charge in [-0.3, -0.25) is 9.59 Å². The lowest BCUT2D eigenvalue weighted by Gasteiger charge is -2.06. The van der Waals surface area contributed by atoms with Gasteiger partial charge in [0.1, 0.15) is 5.82 Å². The molecule has 0 radical (unpaired) electrons. The zero-order valence-corrected chi connectivity index (χ0v) is 11.5. The number of hydrogen-bond acceptors (Lipinski definition) is 4. The van der Waals surface area contributed by atoms with Crippen molar-refractivity contribution in [1.82, 2.24) is 9.97 Å². The molecular formula is C15H15N3O3. The first-order chi connectivity index (χ1) is 10.2. The topological polar surface area (TPSA) is 84.1 Å². The van der Waals surface area contributed by atoms with Gasteiger partial charge in [0.15, 0.2) is 0 Å². The Morgan fingerprint density at radius 2 is 2.24 bits per heavy atom. The molecule has 0 spiro atoms. The molecule has 1 aliphatic carbocycles. The predicted molar refractivity (Wildman–Crippen MR) is 76.3 cm³/mol. The van der Waals surface area contributed by atoms with Crippen molar-refractivity contribution in [2.24, 2.45) is 11.8 Å². The predicted octanol–water partition coefficient (Wildman–Crippen LogP) is 1.82. The van der Waals surface area contributed by atoms with Gasteiger partial charge in [-0.25, -0.2) is 4.98 Å². The molecule has 0 unspecified atom stereocenters. The summed E-state index contributed by atoms with van der Waals surface area (Å²) >= 11 is 0. The molecule has 1 saturated carbocycles. The van der Waals surface area contributed by atoms with Crippen LogP contribution in [-0.4, -0.2) is 29.0 Å². The molecule has 3 rings (SSSR count). The molecule has 1 aromatic heterocycles. The van der Waals surface area contributed by atoms with Crippen molar-refractivity contribution in [3.63, 3.8) is 0 Å². The Labute approximate surface area is 121 Å². The number of hydrogen-bond donors (Lipinski definition) is 2. The van der Waals surface area contributed by atoms with Gasteiger partial charge >= 0.3 is 5.97 Å². The molecule has 6 heteroatoms. The van der Waals surface area contributed by atoms with Crippen molar-refractivity contribution >= 4 is 17.6 Å². The molecule has 1 aromatic carbocycles. The Morgan fingerprint density at radius 3 is 2.95 bits per heavy atom. The van der Waals surface area contributed by atoms with Crippen LogP contribution in [0, 0.1) is 11.8 Å². The molecule has 0 bridgehead atoms. The van der Waals surface area contributed by atoms with Crippen LogP contribution in [0.1, 0.15) is 6.42 Å². The number of amides is 1. The third-order valence-electron chi connectivity index (χ3n) is 3.53. The van der Waals surface area contributed by atoms with Crippen LogP contribution in [0.4, 0.5) is 5.69 Å². The highest BCUT2D eigenvalue weighted by molar-refractivity contribution is 5.98. The van der Waals surface area contributed by atoms with Gasteiger partial charge in [0, 0.05) is 23.6 Å². The van der Waals surface area contributed by atoms with E-state index in [1.807, 2.05) is 18.2 Å². The second-order valence-corrected chi connectivity index (χ2v) is 4.98. The van der Waals surface area contributed by atoms with Crippen LogP contribution in [-0.2, 0) is 14.3 Å². The van der Waals surface area contributed by atoms with E-state index in [0.29, 0.717) is 12.1 Å². The van der Waals surface area contributed by atoms with E-state index in [-0.39, 0.29) is 23.7 Å². The lowest BCUT2D eigenvalue weighted by molar-refractivity contribution is -0.143. The Morgan fingerprint density at radius 1 is 1.38 bits per heavy atom. The second-order valence-electron chi connectivity index (χ2n) is 4.98. The van der Waals surface area contributed by atoms with Crippen LogP contribution in [0.15, 0.2) is 36.7 Å². The highest BCUT2D eigenvalue weighted by Crippen LogP contribution is 2.40. The van der Waals surface area contributed by atoms with Crippen molar-refractivity contribution in [3.05, 3.63) is 36.7 Å². The Balaban J connectivity index is 1.67. The minimum atomic E-state index is -0.320. The van der Waals surface area contributed by atoms with Gasteiger partial charge < -0.3 is 15.0 Å². The summed E-state index contributed by atoms with van der Waals surface area (Å²) in [5.74, 6) is -0.320. The van der Waals surface area contributed by atoms with Gasteiger partial charge in [0.25, 0.3) is 0 Å². The molecule has 108 valence electrons. The number of methoxy groups -OCH3 is 1. The highest BCUT2D eigenvalue weighted by atomic mass is 16.5. The van der Waals surface area contributed by atoms with Crippen molar-refractivity contribution in [2.75, 3.05) is 12.4 Å². The third kappa shape index (κ3) is 2.79.